The molecule has 0 N–H and O–H groups in total. The van der Waals surface area contributed by atoms with Gasteiger partial charge in [-0.15, -0.1) is 0 Å². The van der Waals surface area contributed by atoms with E-state index in [9.17, 15) is 10.1 Å². The number of ether oxygens (including phenoxy) is 1. The van der Waals surface area contributed by atoms with Crippen molar-refractivity contribution < 1.29 is 14.1 Å². The van der Waals surface area contributed by atoms with Crippen molar-refractivity contribution in [2.75, 3.05) is 13.1 Å². The maximum Gasteiger partial charge on any atom is 0.410 e. The predicted molar refractivity (Wildman–Crippen MR) is 89.7 cm³/mol. The molecule has 0 spiro atoms. The van der Waals surface area contributed by atoms with E-state index >= 15 is 0 Å². The number of hydrogen-bond donors (Lipinski definition) is 0. The molecular formula is C18H24N4O3. The van der Waals surface area contributed by atoms with E-state index in [4.69, 9.17) is 9.26 Å². The highest BCUT2D eigenvalue weighted by atomic mass is 16.6. The Balaban J connectivity index is 1.77. The first-order valence-electron chi connectivity index (χ1n) is 8.62. The summed E-state index contributed by atoms with van der Waals surface area (Å²) in [7, 11) is 0. The molecule has 25 heavy (non-hydrogen) atoms. The summed E-state index contributed by atoms with van der Waals surface area (Å²) in [4.78, 5) is 18.4. The normalized spacial score (nSPS) is 24.6. The fourth-order valence-corrected chi connectivity index (χ4v) is 3.27. The van der Waals surface area contributed by atoms with Crippen LogP contribution in [0.25, 0.3) is 0 Å². The first-order valence-corrected chi connectivity index (χ1v) is 8.62. The van der Waals surface area contributed by atoms with E-state index in [0.29, 0.717) is 31.1 Å². The number of amides is 1. The van der Waals surface area contributed by atoms with Crippen molar-refractivity contribution in [1.29, 1.82) is 5.26 Å². The summed E-state index contributed by atoms with van der Waals surface area (Å²) in [6, 6.07) is 2.32. The Kier molecular flexibility index (Phi) is 4.31. The van der Waals surface area contributed by atoms with E-state index in [1.54, 1.807) is 4.90 Å². The molecule has 3 rings (SSSR count). The number of likely N-dealkylation sites (tertiary alicyclic amines) is 1. The van der Waals surface area contributed by atoms with Crippen molar-refractivity contribution in [3.8, 4) is 6.07 Å². The van der Waals surface area contributed by atoms with E-state index < -0.39 is 17.1 Å². The molecule has 2 heterocycles. The van der Waals surface area contributed by atoms with Gasteiger partial charge in [-0.3, -0.25) is 0 Å². The van der Waals surface area contributed by atoms with E-state index in [1.165, 1.54) is 5.57 Å². The molecule has 2 fully saturated rings. The SMILES string of the molecule is C=C1CC(c2noc(C3(C#N)CCCN(C(=O)OC(C)(C)C)C3)n2)C1. The van der Waals surface area contributed by atoms with Crippen LogP contribution in [0.1, 0.15) is 64.1 Å². The molecule has 1 saturated carbocycles. The van der Waals surface area contributed by atoms with Gasteiger partial charge < -0.3 is 14.2 Å². The average molecular weight is 344 g/mol. The van der Waals surface area contributed by atoms with Gasteiger partial charge in [-0.05, 0) is 46.5 Å². The van der Waals surface area contributed by atoms with Crippen LogP contribution in [0.4, 0.5) is 4.79 Å². The third-order valence-corrected chi connectivity index (χ3v) is 4.64. The maximum absolute atomic E-state index is 12.4. The van der Waals surface area contributed by atoms with Gasteiger partial charge in [0.1, 0.15) is 5.60 Å². The van der Waals surface area contributed by atoms with Crippen LogP contribution in [-0.2, 0) is 10.2 Å². The van der Waals surface area contributed by atoms with Crippen LogP contribution in [0, 0.1) is 11.3 Å². The van der Waals surface area contributed by atoms with Gasteiger partial charge in [-0.2, -0.15) is 10.2 Å². The lowest BCUT2D eigenvalue weighted by Gasteiger charge is -2.36. The van der Waals surface area contributed by atoms with E-state index in [2.05, 4.69) is 22.8 Å². The van der Waals surface area contributed by atoms with Crippen LogP contribution in [-0.4, -0.2) is 39.8 Å². The number of allylic oxidation sites excluding steroid dienone is 1. The lowest BCUT2D eigenvalue weighted by Crippen LogP contribution is -2.49. The first kappa shape index (κ1) is 17.5. The summed E-state index contributed by atoms with van der Waals surface area (Å²) >= 11 is 0. The molecule has 1 aliphatic carbocycles. The van der Waals surface area contributed by atoms with E-state index in [0.717, 1.165) is 12.8 Å². The van der Waals surface area contributed by atoms with Crippen LogP contribution in [0.3, 0.4) is 0 Å². The van der Waals surface area contributed by atoms with Crippen LogP contribution >= 0.6 is 0 Å². The summed E-state index contributed by atoms with van der Waals surface area (Å²) in [5.74, 6) is 1.16. The topological polar surface area (TPSA) is 92.2 Å². The molecule has 1 unspecified atom stereocenters. The quantitative estimate of drug-likeness (QED) is 0.764. The molecule has 1 aliphatic heterocycles. The van der Waals surface area contributed by atoms with Gasteiger partial charge in [0.15, 0.2) is 11.2 Å². The zero-order valence-corrected chi connectivity index (χ0v) is 15.0. The summed E-state index contributed by atoms with van der Waals surface area (Å²) in [6.45, 7) is 10.2. The van der Waals surface area contributed by atoms with Gasteiger partial charge >= 0.3 is 6.09 Å². The summed E-state index contributed by atoms with van der Waals surface area (Å²) < 4.78 is 10.9. The lowest BCUT2D eigenvalue weighted by molar-refractivity contribution is 0.0151. The molecule has 1 amide bonds. The Morgan fingerprint density at radius 3 is 2.80 bits per heavy atom. The van der Waals surface area contributed by atoms with Crippen LogP contribution < -0.4 is 0 Å². The molecule has 7 heteroatoms. The zero-order valence-electron chi connectivity index (χ0n) is 15.0. The second-order valence-corrected chi connectivity index (χ2v) is 8.01. The summed E-state index contributed by atoms with van der Waals surface area (Å²) in [6.07, 6.45) is 2.58. The zero-order chi connectivity index (χ0) is 18.2. The monoisotopic (exact) mass is 344 g/mol. The molecule has 2 aliphatic rings. The standard InChI is InChI=1S/C18H24N4O3/c1-12-8-13(9-12)14-20-15(25-21-14)18(10-19)6-5-7-22(11-18)16(23)24-17(2,3)4/h13H,1,5-9,11H2,2-4H3. The Morgan fingerprint density at radius 1 is 1.48 bits per heavy atom. The summed E-state index contributed by atoms with van der Waals surface area (Å²) in [5, 5.41) is 13.9. The Labute approximate surface area is 147 Å². The average Bonchev–Trinajstić information content (AvgIpc) is 3.00. The highest BCUT2D eigenvalue weighted by Gasteiger charge is 2.45. The Bertz CT molecular complexity index is 719. The number of rotatable bonds is 2. The van der Waals surface area contributed by atoms with E-state index in [-0.39, 0.29) is 12.5 Å². The molecule has 7 nitrogen and oxygen atoms in total. The second kappa shape index (κ2) is 6.17. The van der Waals surface area contributed by atoms with Crippen molar-refractivity contribution >= 4 is 6.09 Å². The molecule has 1 aromatic heterocycles. The van der Waals surface area contributed by atoms with Gasteiger partial charge in [0.25, 0.3) is 0 Å². The van der Waals surface area contributed by atoms with Gasteiger partial charge in [0, 0.05) is 12.5 Å². The lowest BCUT2D eigenvalue weighted by atomic mass is 9.80. The van der Waals surface area contributed by atoms with Crippen molar-refractivity contribution in [2.24, 2.45) is 0 Å². The van der Waals surface area contributed by atoms with Crippen LogP contribution in [0.15, 0.2) is 16.7 Å². The fourth-order valence-electron chi connectivity index (χ4n) is 3.27. The third-order valence-electron chi connectivity index (χ3n) is 4.64. The molecule has 134 valence electrons. The van der Waals surface area contributed by atoms with Crippen molar-refractivity contribution in [3.05, 3.63) is 23.9 Å². The van der Waals surface area contributed by atoms with Gasteiger partial charge in [-0.25, -0.2) is 4.79 Å². The first-order chi connectivity index (χ1) is 11.7. The van der Waals surface area contributed by atoms with Crippen LogP contribution in [0.2, 0.25) is 0 Å². The maximum atomic E-state index is 12.4. The highest BCUT2D eigenvalue weighted by Crippen LogP contribution is 2.40. The number of piperidine rings is 1. The smallest absolute Gasteiger partial charge is 0.410 e. The van der Waals surface area contributed by atoms with Gasteiger partial charge in [0.2, 0.25) is 5.89 Å². The minimum Gasteiger partial charge on any atom is -0.444 e. The third kappa shape index (κ3) is 3.53. The van der Waals surface area contributed by atoms with E-state index in [1.807, 2.05) is 20.8 Å². The minimum absolute atomic E-state index is 0.206. The number of aromatic nitrogens is 2. The van der Waals surface area contributed by atoms with Gasteiger partial charge in [-0.1, -0.05) is 17.3 Å². The molecule has 1 saturated heterocycles. The molecular weight excluding hydrogens is 320 g/mol. The molecule has 0 radical (unpaired) electrons. The van der Waals surface area contributed by atoms with Crippen molar-refractivity contribution in [1.82, 2.24) is 15.0 Å². The number of nitrogens with zero attached hydrogens (tertiary/aromatic N) is 4. The van der Waals surface area contributed by atoms with Gasteiger partial charge in [0.05, 0.1) is 12.6 Å². The van der Waals surface area contributed by atoms with Crippen molar-refractivity contribution in [2.45, 2.75) is 63.4 Å². The molecule has 1 aromatic rings. The number of nitriles is 1. The Morgan fingerprint density at radius 2 is 2.20 bits per heavy atom. The number of carbonyl (C=O) groups excluding carboxylic acids is 1. The number of hydrogen-bond acceptors (Lipinski definition) is 6. The summed E-state index contributed by atoms with van der Waals surface area (Å²) in [5.41, 5.74) is -0.366. The predicted octanol–water partition coefficient (Wildman–Crippen LogP) is 3.30. The largest absolute Gasteiger partial charge is 0.444 e. The van der Waals surface area contributed by atoms with Crippen molar-refractivity contribution in [3.63, 3.8) is 0 Å². The minimum atomic E-state index is -0.971. The number of carbonyl (C=O) groups is 1. The molecule has 0 bridgehead atoms. The fraction of sp³-hybridized carbons (Fsp3) is 0.667. The molecule has 1 atom stereocenters. The Hall–Kier alpha value is -2.36. The second-order valence-electron chi connectivity index (χ2n) is 8.01. The highest BCUT2D eigenvalue weighted by molar-refractivity contribution is 5.68. The molecule has 0 aromatic carbocycles. The van der Waals surface area contributed by atoms with Crippen LogP contribution in [0.5, 0.6) is 0 Å².